The van der Waals surface area contributed by atoms with Crippen molar-refractivity contribution in [2.45, 2.75) is 26.1 Å². The molecule has 1 atom stereocenters. The van der Waals surface area contributed by atoms with E-state index < -0.39 is 30.7 Å². The van der Waals surface area contributed by atoms with Gasteiger partial charge in [-0.25, -0.2) is 17.7 Å². The number of nitrogens with one attached hydrogen (secondary N) is 1. The predicted octanol–water partition coefficient (Wildman–Crippen LogP) is -0.587. The molecule has 0 aliphatic rings. The molecule has 0 bridgehead atoms. The van der Waals surface area contributed by atoms with Gasteiger partial charge >= 0.3 is 7.82 Å². The third-order valence-corrected chi connectivity index (χ3v) is 2.78. The van der Waals surface area contributed by atoms with Gasteiger partial charge in [0.25, 0.3) is 0 Å². The van der Waals surface area contributed by atoms with E-state index >= 15 is 0 Å². The van der Waals surface area contributed by atoms with Crippen LogP contribution in [0.2, 0.25) is 0 Å². The molecule has 0 rings (SSSR count). The van der Waals surface area contributed by atoms with Crippen LogP contribution in [0.15, 0.2) is 0 Å². The van der Waals surface area contributed by atoms with Crippen LogP contribution < -0.4 is 4.72 Å². The van der Waals surface area contributed by atoms with Crippen molar-refractivity contribution in [2.24, 2.45) is 0 Å². The van der Waals surface area contributed by atoms with Gasteiger partial charge in [-0.3, -0.25) is 4.52 Å². The Morgan fingerprint density at radius 1 is 1.32 bits per heavy atom. The molecular weight excluding hydrogens is 301 g/mol. The zero-order chi connectivity index (χ0) is 15.1. The van der Waals surface area contributed by atoms with Crippen molar-refractivity contribution in [3.8, 4) is 0 Å². The fraction of sp³-hybridized carbons (Fsp3) is 1.00. The highest BCUT2D eigenvalue weighted by Crippen LogP contribution is 2.35. The molecule has 3 N–H and O–H groups in total. The van der Waals surface area contributed by atoms with E-state index in [0.717, 1.165) is 6.26 Å². The molecule has 116 valence electrons. The average molecular weight is 321 g/mol. The molecule has 0 fully saturated rings. The Bertz CT molecular complexity index is 392. The van der Waals surface area contributed by atoms with E-state index in [1.165, 1.54) is 0 Å². The minimum absolute atomic E-state index is 0.00702. The monoisotopic (exact) mass is 321 g/mol. The van der Waals surface area contributed by atoms with Crippen LogP contribution in [-0.2, 0) is 28.6 Å². The van der Waals surface area contributed by atoms with Crippen LogP contribution in [0, 0.1) is 0 Å². The number of sulfonamides is 1. The van der Waals surface area contributed by atoms with E-state index in [4.69, 9.17) is 19.3 Å². The highest BCUT2D eigenvalue weighted by Gasteiger charge is 2.16. The second-order valence-corrected chi connectivity index (χ2v) is 7.11. The molecule has 0 saturated heterocycles. The van der Waals surface area contributed by atoms with Gasteiger partial charge in [0.15, 0.2) is 6.79 Å². The van der Waals surface area contributed by atoms with Crippen molar-refractivity contribution in [3.63, 3.8) is 0 Å². The van der Waals surface area contributed by atoms with Crippen molar-refractivity contribution in [2.75, 3.05) is 26.2 Å². The molecule has 0 aromatic rings. The lowest BCUT2D eigenvalue weighted by atomic mass is 10.3. The fourth-order valence-corrected chi connectivity index (χ4v) is 1.76. The molecule has 19 heavy (non-hydrogen) atoms. The summed E-state index contributed by atoms with van der Waals surface area (Å²) in [4.78, 5) is 16.8. The molecule has 11 heteroatoms. The molecule has 0 aliphatic heterocycles. The first-order chi connectivity index (χ1) is 8.49. The number of hydrogen-bond donors (Lipinski definition) is 3. The minimum Gasteiger partial charge on any atom is -0.372 e. The molecular formula is C8H20NO8PS. The van der Waals surface area contributed by atoms with E-state index in [2.05, 4.69) is 9.25 Å². The fourth-order valence-electron chi connectivity index (χ4n) is 1.06. The van der Waals surface area contributed by atoms with Gasteiger partial charge in [0, 0.05) is 6.54 Å². The average Bonchev–Trinajstić information content (AvgIpc) is 2.17. The summed E-state index contributed by atoms with van der Waals surface area (Å²) >= 11 is 0. The first-order valence-electron chi connectivity index (χ1n) is 5.37. The smallest absolute Gasteiger partial charge is 0.372 e. The van der Waals surface area contributed by atoms with Gasteiger partial charge in [0.2, 0.25) is 10.0 Å². The summed E-state index contributed by atoms with van der Waals surface area (Å²) < 4.78 is 48.9. The van der Waals surface area contributed by atoms with Gasteiger partial charge in [0.1, 0.15) is 0 Å². The highest BCUT2D eigenvalue weighted by atomic mass is 32.2. The van der Waals surface area contributed by atoms with Crippen LogP contribution in [-0.4, -0.2) is 56.6 Å². The lowest BCUT2D eigenvalue weighted by Gasteiger charge is -2.20. The summed E-state index contributed by atoms with van der Waals surface area (Å²) in [5, 5.41) is 0. The van der Waals surface area contributed by atoms with Crippen molar-refractivity contribution in [1.82, 2.24) is 4.72 Å². The Hall–Kier alpha value is -0.0600. The van der Waals surface area contributed by atoms with Gasteiger partial charge in [-0.05, 0) is 13.8 Å². The molecule has 0 spiro atoms. The third kappa shape index (κ3) is 14.2. The molecule has 0 aromatic heterocycles. The number of rotatable bonds is 10. The molecule has 0 amide bonds. The minimum atomic E-state index is -4.57. The second kappa shape index (κ2) is 8.28. The summed E-state index contributed by atoms with van der Waals surface area (Å²) in [5.41, 5.74) is 0. The Morgan fingerprint density at radius 3 is 2.32 bits per heavy atom. The Kier molecular flexibility index (Phi) is 8.25. The van der Waals surface area contributed by atoms with E-state index in [-0.39, 0.29) is 19.3 Å². The van der Waals surface area contributed by atoms with Crippen molar-refractivity contribution in [1.29, 1.82) is 0 Å². The molecule has 0 aromatic carbocycles. The van der Waals surface area contributed by atoms with Crippen molar-refractivity contribution >= 4 is 17.8 Å². The lowest BCUT2D eigenvalue weighted by molar-refractivity contribution is -0.0756. The van der Waals surface area contributed by atoms with Gasteiger partial charge in [-0.15, -0.1) is 0 Å². The maximum absolute atomic E-state index is 10.9. The lowest BCUT2D eigenvalue weighted by Crippen LogP contribution is -2.37. The van der Waals surface area contributed by atoms with Crippen molar-refractivity contribution in [3.05, 3.63) is 0 Å². The van der Waals surface area contributed by atoms with Crippen LogP contribution in [0.1, 0.15) is 13.8 Å². The molecule has 0 aliphatic carbocycles. The van der Waals surface area contributed by atoms with Crippen molar-refractivity contribution < 1.29 is 36.8 Å². The topological polar surface area (TPSA) is 131 Å². The van der Waals surface area contributed by atoms with Gasteiger partial charge in [0.05, 0.1) is 25.1 Å². The highest BCUT2D eigenvalue weighted by molar-refractivity contribution is 7.88. The molecule has 0 radical (unpaired) electrons. The number of phosphoric acid groups is 1. The quantitative estimate of drug-likeness (QED) is 0.276. The zero-order valence-corrected chi connectivity index (χ0v) is 12.7. The molecule has 0 unspecified atom stereocenters. The van der Waals surface area contributed by atoms with Gasteiger partial charge in [-0.1, -0.05) is 0 Å². The standard InChI is InChI=1S/C8H20NO8PS/c1-7(2)17-8(4-9-19(3,13)14)5-15-6-16-18(10,11)12/h7-9H,4-6H2,1-3H3,(H2,10,11,12)/t8-/m0/s1. The normalized spacial score (nSPS) is 14.8. The summed E-state index contributed by atoms with van der Waals surface area (Å²) in [7, 11) is -7.92. The first-order valence-corrected chi connectivity index (χ1v) is 8.79. The largest absolute Gasteiger partial charge is 0.471 e. The summed E-state index contributed by atoms with van der Waals surface area (Å²) in [6.07, 6.45) is 0.268. The van der Waals surface area contributed by atoms with E-state index in [9.17, 15) is 13.0 Å². The number of ether oxygens (including phenoxy) is 2. The van der Waals surface area contributed by atoms with Crippen LogP contribution in [0.4, 0.5) is 0 Å². The zero-order valence-electron chi connectivity index (χ0n) is 11.0. The Labute approximate surface area is 112 Å². The molecule has 0 saturated carbocycles. The van der Waals surface area contributed by atoms with E-state index in [1.807, 2.05) is 0 Å². The molecule has 9 nitrogen and oxygen atoms in total. The Balaban J connectivity index is 4.10. The van der Waals surface area contributed by atoms with Gasteiger partial charge in [-0.2, -0.15) is 0 Å². The number of phosphoric ester groups is 1. The van der Waals surface area contributed by atoms with Crippen LogP contribution in [0.5, 0.6) is 0 Å². The summed E-state index contributed by atoms with van der Waals surface area (Å²) in [6, 6.07) is 0. The second-order valence-electron chi connectivity index (χ2n) is 4.04. The first kappa shape index (κ1) is 18.9. The van der Waals surface area contributed by atoms with Crippen LogP contribution >= 0.6 is 7.82 Å². The maximum Gasteiger partial charge on any atom is 0.471 e. The van der Waals surface area contributed by atoms with E-state index in [0.29, 0.717) is 0 Å². The third-order valence-electron chi connectivity index (χ3n) is 1.65. The summed E-state index contributed by atoms with van der Waals surface area (Å²) in [5.74, 6) is 0. The van der Waals surface area contributed by atoms with Crippen LogP contribution in [0.3, 0.4) is 0 Å². The maximum atomic E-state index is 10.9. The molecule has 0 heterocycles. The SMILES string of the molecule is CC(C)O[C@@H](CNS(C)(=O)=O)COCOP(=O)(O)O. The Morgan fingerprint density at radius 2 is 1.89 bits per heavy atom. The van der Waals surface area contributed by atoms with E-state index in [1.54, 1.807) is 13.8 Å². The van der Waals surface area contributed by atoms with Crippen LogP contribution in [0.25, 0.3) is 0 Å². The number of hydrogen-bond acceptors (Lipinski definition) is 6. The predicted molar refractivity (Wildman–Crippen MR) is 66.8 cm³/mol. The summed E-state index contributed by atoms with van der Waals surface area (Å²) in [6.45, 7) is 2.84. The van der Waals surface area contributed by atoms with Gasteiger partial charge < -0.3 is 19.3 Å².